The highest BCUT2D eigenvalue weighted by atomic mass is 19.2. The maximum atomic E-state index is 14.0. The molecule has 0 N–H and O–H groups in total. The van der Waals surface area contributed by atoms with Gasteiger partial charge in [-0.15, -0.1) is 0 Å². The number of nitrogens with zero attached hydrogens (tertiary/aromatic N) is 7. The first-order valence-electron chi connectivity index (χ1n) is 11.7. The molecule has 2 aliphatic heterocycles. The van der Waals surface area contributed by atoms with Crippen molar-refractivity contribution in [2.45, 2.75) is 44.7 Å². The molecule has 0 radical (unpaired) electrons. The van der Waals surface area contributed by atoms with Gasteiger partial charge in [0.15, 0.2) is 17.5 Å². The van der Waals surface area contributed by atoms with E-state index < -0.39 is 17.5 Å². The summed E-state index contributed by atoms with van der Waals surface area (Å²) in [4.78, 5) is 21.6. The van der Waals surface area contributed by atoms with E-state index >= 15 is 0 Å². The van der Waals surface area contributed by atoms with Gasteiger partial charge in [0.25, 0.3) is 5.91 Å². The lowest BCUT2D eigenvalue weighted by atomic mass is 9.81. The van der Waals surface area contributed by atoms with Crippen molar-refractivity contribution in [3.05, 3.63) is 76.8 Å². The van der Waals surface area contributed by atoms with E-state index in [0.29, 0.717) is 41.3 Å². The van der Waals surface area contributed by atoms with Crippen LogP contribution in [0, 0.1) is 24.4 Å². The number of carbonyl (C=O) groups excluding carboxylic acids is 1. The summed E-state index contributed by atoms with van der Waals surface area (Å²) in [5, 5.41) is 13.0. The number of hydrogen-bond donors (Lipinski definition) is 0. The number of aryl methyl sites for hydroxylation is 2. The van der Waals surface area contributed by atoms with Crippen LogP contribution in [0.4, 0.5) is 13.2 Å². The van der Waals surface area contributed by atoms with Gasteiger partial charge >= 0.3 is 0 Å². The first-order valence-corrected chi connectivity index (χ1v) is 11.7. The van der Waals surface area contributed by atoms with Crippen LogP contribution >= 0.6 is 0 Å². The van der Waals surface area contributed by atoms with Gasteiger partial charge in [0.1, 0.15) is 5.69 Å². The lowest BCUT2D eigenvalue weighted by Crippen LogP contribution is -2.50. The van der Waals surface area contributed by atoms with E-state index in [-0.39, 0.29) is 23.6 Å². The number of piperidine rings is 1. The second kappa shape index (κ2) is 8.28. The zero-order valence-corrected chi connectivity index (χ0v) is 19.6. The third-order valence-electron chi connectivity index (χ3n) is 6.97. The molecule has 6 rings (SSSR count). The summed E-state index contributed by atoms with van der Waals surface area (Å²) in [5.74, 6) is -4.21. The van der Waals surface area contributed by atoms with Gasteiger partial charge in [-0.2, -0.15) is 20.1 Å². The molecular formula is C25H22F3N7O. The van der Waals surface area contributed by atoms with Crippen molar-refractivity contribution in [3.8, 4) is 16.9 Å². The molecule has 8 nitrogen and oxygen atoms in total. The summed E-state index contributed by atoms with van der Waals surface area (Å²) in [5.41, 5.74) is 3.88. The van der Waals surface area contributed by atoms with E-state index in [0.717, 1.165) is 30.5 Å². The van der Waals surface area contributed by atoms with Gasteiger partial charge in [0, 0.05) is 29.9 Å². The standard InChI is InChI=1S/C25H22F3N7O/c1-13-8-16(35-29-6-7-30-35)12-20(31-13)25(36)34-15-4-3-5-21(34)23-17(11-15)24(33(2)32-23)14-9-18(26)22(28)19(27)10-14/h6-10,12,15,21H,3-5,11H2,1-2H3. The molecular weight excluding hydrogens is 471 g/mol. The Labute approximate surface area is 204 Å². The van der Waals surface area contributed by atoms with Crippen LogP contribution in [0.1, 0.15) is 52.7 Å². The van der Waals surface area contributed by atoms with Crippen LogP contribution in [0.15, 0.2) is 36.7 Å². The predicted molar refractivity (Wildman–Crippen MR) is 123 cm³/mol. The fourth-order valence-corrected chi connectivity index (χ4v) is 5.56. The molecule has 184 valence electrons. The normalized spacial score (nSPS) is 18.9. The van der Waals surface area contributed by atoms with Crippen LogP contribution in [0.25, 0.3) is 16.9 Å². The van der Waals surface area contributed by atoms with Crippen molar-refractivity contribution in [2.75, 3.05) is 0 Å². The Kier molecular flexibility index (Phi) is 5.16. The zero-order valence-electron chi connectivity index (χ0n) is 19.6. The Bertz CT molecular complexity index is 1470. The number of hydrogen-bond acceptors (Lipinski definition) is 5. The van der Waals surface area contributed by atoms with Crippen LogP contribution in [0.2, 0.25) is 0 Å². The Morgan fingerprint density at radius 1 is 1.03 bits per heavy atom. The molecule has 2 bridgehead atoms. The molecule has 1 aromatic carbocycles. The number of carbonyl (C=O) groups is 1. The fourth-order valence-electron chi connectivity index (χ4n) is 5.56. The van der Waals surface area contributed by atoms with Crippen LogP contribution < -0.4 is 0 Å². The molecule has 3 aromatic heterocycles. The third kappa shape index (κ3) is 3.49. The van der Waals surface area contributed by atoms with Crippen molar-refractivity contribution in [3.63, 3.8) is 0 Å². The van der Waals surface area contributed by atoms with E-state index in [1.807, 2.05) is 11.8 Å². The SMILES string of the molecule is Cc1cc(-n2nccn2)cc(C(=O)N2C3CCCC2c2nn(C)c(-c4cc(F)c(F)c(F)c4)c2C3)n1. The minimum absolute atomic E-state index is 0.129. The van der Waals surface area contributed by atoms with Crippen LogP contribution in [-0.4, -0.2) is 46.6 Å². The second-order valence-corrected chi connectivity index (χ2v) is 9.28. The molecule has 4 aromatic rings. The van der Waals surface area contributed by atoms with Gasteiger partial charge in [-0.05, 0) is 56.9 Å². The molecule has 5 heterocycles. The quantitative estimate of drug-likeness (QED) is 0.402. The minimum atomic E-state index is -1.50. The number of benzene rings is 1. The van der Waals surface area contributed by atoms with E-state index in [9.17, 15) is 18.0 Å². The van der Waals surface area contributed by atoms with Gasteiger partial charge in [-0.25, -0.2) is 18.2 Å². The predicted octanol–water partition coefficient (Wildman–Crippen LogP) is 4.08. The van der Waals surface area contributed by atoms with Gasteiger partial charge in [0.05, 0.1) is 35.5 Å². The average molecular weight is 493 g/mol. The van der Waals surface area contributed by atoms with Gasteiger partial charge in [-0.3, -0.25) is 9.48 Å². The first-order chi connectivity index (χ1) is 17.3. The topological polar surface area (TPSA) is 81.7 Å². The smallest absolute Gasteiger partial charge is 0.273 e. The number of aromatic nitrogens is 6. The Morgan fingerprint density at radius 2 is 1.75 bits per heavy atom. The maximum Gasteiger partial charge on any atom is 0.273 e. The van der Waals surface area contributed by atoms with Gasteiger partial charge < -0.3 is 4.90 Å². The Morgan fingerprint density at radius 3 is 2.47 bits per heavy atom. The highest BCUT2D eigenvalue weighted by Crippen LogP contribution is 2.45. The lowest BCUT2D eigenvalue weighted by molar-refractivity contribution is 0.0385. The monoisotopic (exact) mass is 493 g/mol. The van der Waals surface area contributed by atoms with Crippen molar-refractivity contribution >= 4 is 5.91 Å². The molecule has 1 fully saturated rings. The first kappa shape index (κ1) is 22.4. The van der Waals surface area contributed by atoms with Crippen molar-refractivity contribution in [1.82, 2.24) is 34.7 Å². The molecule has 2 atom stereocenters. The Balaban J connectivity index is 1.41. The summed E-state index contributed by atoms with van der Waals surface area (Å²) in [7, 11) is 1.69. The number of rotatable bonds is 3. The Hall–Kier alpha value is -4.02. The number of amides is 1. The average Bonchev–Trinajstić information content (AvgIpc) is 3.49. The van der Waals surface area contributed by atoms with Gasteiger partial charge in [0.2, 0.25) is 0 Å². The summed E-state index contributed by atoms with van der Waals surface area (Å²) in [6, 6.07) is 5.03. The summed E-state index contributed by atoms with van der Waals surface area (Å²) < 4.78 is 43.2. The van der Waals surface area contributed by atoms with Crippen molar-refractivity contribution in [1.29, 1.82) is 0 Å². The van der Waals surface area contributed by atoms with Crippen LogP contribution in [0.3, 0.4) is 0 Å². The van der Waals surface area contributed by atoms with Crippen LogP contribution in [-0.2, 0) is 13.5 Å². The minimum Gasteiger partial charge on any atom is -0.325 e. The van der Waals surface area contributed by atoms with Crippen molar-refractivity contribution in [2.24, 2.45) is 7.05 Å². The molecule has 0 saturated carbocycles. The van der Waals surface area contributed by atoms with E-state index in [1.54, 1.807) is 36.3 Å². The molecule has 1 amide bonds. The number of halogens is 3. The highest BCUT2D eigenvalue weighted by Gasteiger charge is 2.44. The van der Waals surface area contributed by atoms with Gasteiger partial charge in [-0.1, -0.05) is 0 Å². The molecule has 2 unspecified atom stereocenters. The highest BCUT2D eigenvalue weighted by molar-refractivity contribution is 5.94. The second-order valence-electron chi connectivity index (χ2n) is 9.28. The number of pyridine rings is 1. The lowest BCUT2D eigenvalue weighted by Gasteiger charge is -2.45. The summed E-state index contributed by atoms with van der Waals surface area (Å²) in [6.07, 6.45) is 6.00. The molecule has 36 heavy (non-hydrogen) atoms. The fraction of sp³-hybridized carbons (Fsp3) is 0.320. The largest absolute Gasteiger partial charge is 0.325 e. The molecule has 2 aliphatic rings. The van der Waals surface area contributed by atoms with E-state index in [4.69, 9.17) is 0 Å². The maximum absolute atomic E-state index is 14.0. The van der Waals surface area contributed by atoms with E-state index in [2.05, 4.69) is 20.3 Å². The molecule has 0 spiro atoms. The zero-order chi connectivity index (χ0) is 25.1. The summed E-state index contributed by atoms with van der Waals surface area (Å²) >= 11 is 0. The van der Waals surface area contributed by atoms with Crippen molar-refractivity contribution < 1.29 is 18.0 Å². The third-order valence-corrected chi connectivity index (χ3v) is 6.97. The summed E-state index contributed by atoms with van der Waals surface area (Å²) in [6.45, 7) is 1.81. The molecule has 11 heteroatoms. The van der Waals surface area contributed by atoms with E-state index in [1.165, 1.54) is 4.80 Å². The number of fused-ring (bicyclic) bond motifs is 4. The molecule has 0 aliphatic carbocycles. The molecule has 1 saturated heterocycles. The van der Waals surface area contributed by atoms with Crippen LogP contribution in [0.5, 0.6) is 0 Å².